The normalized spacial score (nSPS) is 24.6. The van der Waals surface area contributed by atoms with E-state index < -0.39 is 0 Å². The number of hydrazine groups is 1. The lowest BCUT2D eigenvalue weighted by atomic mass is 10.1. The fraction of sp³-hybridized carbons (Fsp3) is 0.800. The molecule has 0 aliphatic carbocycles. The molecule has 70 valence electrons. The highest BCUT2D eigenvalue weighted by molar-refractivity contribution is 4.79. The van der Waals surface area contributed by atoms with Crippen molar-refractivity contribution in [1.82, 2.24) is 5.01 Å². The fourth-order valence-electron chi connectivity index (χ4n) is 1.55. The van der Waals surface area contributed by atoms with E-state index in [2.05, 4.69) is 6.08 Å². The molecule has 0 bridgehead atoms. The van der Waals surface area contributed by atoms with E-state index in [0.29, 0.717) is 0 Å². The third kappa shape index (κ3) is 4.39. The van der Waals surface area contributed by atoms with Gasteiger partial charge in [-0.05, 0) is 19.3 Å². The summed E-state index contributed by atoms with van der Waals surface area (Å²) in [5, 5.41) is 1.81. The topological polar surface area (TPSA) is 29.3 Å². The Bertz CT molecular complexity index is 132. The quantitative estimate of drug-likeness (QED) is 0.563. The van der Waals surface area contributed by atoms with E-state index in [1.54, 1.807) is 0 Å². The van der Waals surface area contributed by atoms with Gasteiger partial charge in [-0.2, -0.15) is 0 Å². The zero-order valence-corrected chi connectivity index (χ0v) is 7.84. The number of rotatable bonds is 0. The largest absolute Gasteiger partial charge is 0.319 e. The Balaban J connectivity index is 2.24. The van der Waals surface area contributed by atoms with Gasteiger partial charge in [0.2, 0.25) is 0 Å². The monoisotopic (exact) mass is 168 g/mol. The van der Waals surface area contributed by atoms with E-state index >= 15 is 0 Å². The summed E-state index contributed by atoms with van der Waals surface area (Å²) in [7, 11) is 0. The van der Waals surface area contributed by atoms with Gasteiger partial charge in [0.05, 0.1) is 0 Å². The second-order valence-corrected chi connectivity index (χ2v) is 3.53. The van der Waals surface area contributed by atoms with Crippen LogP contribution in [0.25, 0.3) is 0 Å². The number of hydrogen-bond acceptors (Lipinski definition) is 2. The molecule has 2 heteroatoms. The summed E-state index contributed by atoms with van der Waals surface area (Å²) in [6.07, 6.45) is 13.5. The Morgan fingerprint density at radius 1 is 0.917 bits per heavy atom. The summed E-state index contributed by atoms with van der Waals surface area (Å²) in [5.41, 5.74) is 0. The van der Waals surface area contributed by atoms with Crippen LogP contribution in [-0.4, -0.2) is 11.6 Å². The SMILES string of the molecule is NN1/C=C/CCCCCCCC1. The molecule has 1 heterocycles. The van der Waals surface area contributed by atoms with Crippen LogP contribution in [0.1, 0.15) is 44.9 Å². The van der Waals surface area contributed by atoms with Gasteiger partial charge in [-0.15, -0.1) is 0 Å². The molecule has 0 amide bonds. The Kier molecular flexibility index (Phi) is 4.85. The summed E-state index contributed by atoms with van der Waals surface area (Å²) >= 11 is 0. The third-order valence-corrected chi connectivity index (χ3v) is 2.33. The van der Waals surface area contributed by atoms with Crippen LogP contribution in [-0.2, 0) is 0 Å². The van der Waals surface area contributed by atoms with E-state index in [-0.39, 0.29) is 0 Å². The number of hydrogen-bond donors (Lipinski definition) is 1. The predicted molar refractivity (Wildman–Crippen MR) is 52.4 cm³/mol. The van der Waals surface area contributed by atoms with E-state index in [4.69, 9.17) is 5.84 Å². The van der Waals surface area contributed by atoms with E-state index in [1.807, 2.05) is 11.2 Å². The minimum atomic E-state index is 1.01. The number of allylic oxidation sites excluding steroid dienone is 1. The molecule has 0 spiro atoms. The van der Waals surface area contributed by atoms with Crippen molar-refractivity contribution in [3.05, 3.63) is 12.3 Å². The molecule has 0 saturated carbocycles. The second kappa shape index (κ2) is 6.06. The third-order valence-electron chi connectivity index (χ3n) is 2.33. The lowest BCUT2D eigenvalue weighted by Gasteiger charge is -2.12. The van der Waals surface area contributed by atoms with Crippen LogP contribution < -0.4 is 5.84 Å². The van der Waals surface area contributed by atoms with Gasteiger partial charge in [0, 0.05) is 12.7 Å². The first kappa shape index (κ1) is 9.59. The molecule has 0 radical (unpaired) electrons. The molecule has 0 saturated heterocycles. The molecule has 2 nitrogen and oxygen atoms in total. The maximum Gasteiger partial charge on any atom is 0.0335 e. The van der Waals surface area contributed by atoms with Crippen molar-refractivity contribution in [1.29, 1.82) is 0 Å². The zero-order chi connectivity index (χ0) is 8.65. The van der Waals surface area contributed by atoms with Gasteiger partial charge in [0.1, 0.15) is 0 Å². The van der Waals surface area contributed by atoms with Crippen LogP contribution in [0.5, 0.6) is 0 Å². The van der Waals surface area contributed by atoms with Gasteiger partial charge >= 0.3 is 0 Å². The molecule has 0 aromatic carbocycles. The first-order valence-electron chi connectivity index (χ1n) is 5.07. The molecular formula is C10H20N2. The van der Waals surface area contributed by atoms with Crippen LogP contribution in [0.4, 0.5) is 0 Å². The van der Waals surface area contributed by atoms with Gasteiger partial charge in [-0.25, -0.2) is 5.84 Å². The highest BCUT2D eigenvalue weighted by Gasteiger charge is 1.95. The molecule has 1 aliphatic rings. The number of nitrogens with zero attached hydrogens (tertiary/aromatic N) is 1. The average Bonchev–Trinajstić information content (AvgIpc) is 2.11. The van der Waals surface area contributed by atoms with E-state index in [9.17, 15) is 0 Å². The fourth-order valence-corrected chi connectivity index (χ4v) is 1.55. The molecule has 1 aliphatic heterocycles. The van der Waals surface area contributed by atoms with Crippen molar-refractivity contribution in [2.24, 2.45) is 5.84 Å². The van der Waals surface area contributed by atoms with Gasteiger partial charge in [-0.3, -0.25) is 0 Å². The summed E-state index contributed by atoms with van der Waals surface area (Å²) in [6, 6.07) is 0. The van der Waals surface area contributed by atoms with Crippen molar-refractivity contribution >= 4 is 0 Å². The predicted octanol–water partition coefficient (Wildman–Crippen LogP) is 2.42. The Morgan fingerprint density at radius 2 is 1.58 bits per heavy atom. The Hall–Kier alpha value is -0.500. The van der Waals surface area contributed by atoms with Gasteiger partial charge < -0.3 is 5.01 Å². The maximum atomic E-state index is 5.72. The summed E-state index contributed by atoms with van der Waals surface area (Å²) in [4.78, 5) is 0. The Morgan fingerprint density at radius 3 is 2.42 bits per heavy atom. The molecular weight excluding hydrogens is 148 g/mol. The summed E-state index contributed by atoms with van der Waals surface area (Å²) < 4.78 is 0. The molecule has 0 aromatic heterocycles. The molecule has 12 heavy (non-hydrogen) atoms. The molecule has 1 rings (SSSR count). The van der Waals surface area contributed by atoms with Crippen LogP contribution >= 0.6 is 0 Å². The maximum absolute atomic E-state index is 5.72. The van der Waals surface area contributed by atoms with Gasteiger partial charge in [0.15, 0.2) is 0 Å². The highest BCUT2D eigenvalue weighted by Crippen LogP contribution is 2.09. The average molecular weight is 168 g/mol. The van der Waals surface area contributed by atoms with Crippen molar-refractivity contribution in [2.75, 3.05) is 6.54 Å². The van der Waals surface area contributed by atoms with Crippen molar-refractivity contribution in [3.63, 3.8) is 0 Å². The molecule has 0 aromatic rings. The van der Waals surface area contributed by atoms with Crippen LogP contribution in [0.2, 0.25) is 0 Å². The lowest BCUT2D eigenvalue weighted by molar-refractivity contribution is 0.377. The first-order chi connectivity index (χ1) is 5.89. The summed E-state index contributed by atoms with van der Waals surface area (Å²) in [5.74, 6) is 5.72. The smallest absolute Gasteiger partial charge is 0.0335 e. The van der Waals surface area contributed by atoms with Crippen molar-refractivity contribution in [3.8, 4) is 0 Å². The van der Waals surface area contributed by atoms with Gasteiger partial charge in [0.25, 0.3) is 0 Å². The Labute approximate surface area is 75.4 Å². The second-order valence-electron chi connectivity index (χ2n) is 3.53. The zero-order valence-electron chi connectivity index (χ0n) is 7.84. The van der Waals surface area contributed by atoms with Crippen molar-refractivity contribution < 1.29 is 0 Å². The molecule has 0 fully saturated rings. The lowest BCUT2D eigenvalue weighted by Crippen LogP contribution is -2.25. The van der Waals surface area contributed by atoms with Crippen LogP contribution in [0, 0.1) is 0 Å². The summed E-state index contributed by atoms with van der Waals surface area (Å²) in [6.45, 7) is 1.01. The molecule has 0 unspecified atom stereocenters. The minimum Gasteiger partial charge on any atom is -0.319 e. The first-order valence-corrected chi connectivity index (χ1v) is 5.07. The van der Waals surface area contributed by atoms with Crippen LogP contribution in [0.15, 0.2) is 12.3 Å². The van der Waals surface area contributed by atoms with E-state index in [1.165, 1.54) is 44.9 Å². The number of nitrogens with two attached hydrogens (primary N) is 1. The van der Waals surface area contributed by atoms with E-state index in [0.717, 1.165) is 6.54 Å². The van der Waals surface area contributed by atoms with Gasteiger partial charge in [-0.1, -0.05) is 31.8 Å². The highest BCUT2D eigenvalue weighted by atomic mass is 15.4. The van der Waals surface area contributed by atoms with Crippen LogP contribution in [0.3, 0.4) is 0 Å². The van der Waals surface area contributed by atoms with Crippen molar-refractivity contribution in [2.45, 2.75) is 44.9 Å². The minimum absolute atomic E-state index is 1.01. The molecule has 2 N–H and O–H groups in total. The molecule has 0 atom stereocenters. The standard InChI is InChI=1S/C10H20N2/c11-12-9-7-5-3-1-2-4-6-8-10-12/h7,9H,1-6,8,10-11H2/b9-7+.